The first-order valence-electron chi connectivity index (χ1n) is 13.4. The summed E-state index contributed by atoms with van der Waals surface area (Å²) in [5.41, 5.74) is 9.40. The van der Waals surface area contributed by atoms with E-state index < -0.39 is 11.6 Å². The molecule has 0 spiro atoms. The molecule has 2 aromatic heterocycles. The number of pyridine rings is 1. The molecular weight excluding hydrogens is 515 g/mol. The van der Waals surface area contributed by atoms with E-state index in [0.717, 1.165) is 16.8 Å². The molecule has 0 aliphatic rings. The van der Waals surface area contributed by atoms with E-state index in [9.17, 15) is 14.9 Å². The van der Waals surface area contributed by atoms with Gasteiger partial charge in [-0.3, -0.25) is 9.59 Å². The molecular formula is C31H33BN6O3. The van der Waals surface area contributed by atoms with Gasteiger partial charge in [-0.05, 0) is 63.9 Å². The number of fused-ring (bicyclic) bond motifs is 1. The molecule has 2 radical (unpaired) electrons. The van der Waals surface area contributed by atoms with Crippen molar-refractivity contribution in [3.63, 3.8) is 0 Å². The first-order valence-corrected chi connectivity index (χ1v) is 13.4. The summed E-state index contributed by atoms with van der Waals surface area (Å²) in [7, 11) is 6.05. The summed E-state index contributed by atoms with van der Waals surface area (Å²) in [6.07, 6.45) is 4.14. The molecule has 2 aromatic carbocycles. The van der Waals surface area contributed by atoms with Crippen LogP contribution in [0.15, 0.2) is 67.0 Å². The van der Waals surface area contributed by atoms with Gasteiger partial charge in [0.05, 0.1) is 28.9 Å². The average Bonchev–Trinajstić information content (AvgIpc) is 3.37. The number of nitrogens with two attached hydrogens (primary N) is 1. The number of rotatable bonds is 10. The topological polar surface area (TPSA) is 135 Å². The quantitative estimate of drug-likeness (QED) is 0.261. The molecule has 2 heterocycles. The van der Waals surface area contributed by atoms with Crippen LogP contribution in [0.2, 0.25) is 0 Å². The summed E-state index contributed by atoms with van der Waals surface area (Å²) in [5.74, 6) is -0.288. The average molecular weight is 548 g/mol. The van der Waals surface area contributed by atoms with E-state index in [1.165, 1.54) is 6.07 Å². The van der Waals surface area contributed by atoms with Gasteiger partial charge in [0.15, 0.2) is 0 Å². The van der Waals surface area contributed by atoms with Crippen molar-refractivity contribution >= 4 is 30.8 Å². The molecule has 0 fully saturated rings. The molecule has 41 heavy (non-hydrogen) atoms. The van der Waals surface area contributed by atoms with E-state index in [2.05, 4.69) is 21.7 Å². The van der Waals surface area contributed by atoms with Gasteiger partial charge in [-0.15, -0.1) is 0 Å². The number of nitriles is 1. The van der Waals surface area contributed by atoms with E-state index in [4.69, 9.17) is 18.3 Å². The van der Waals surface area contributed by atoms with E-state index >= 15 is 0 Å². The molecule has 0 aliphatic carbocycles. The van der Waals surface area contributed by atoms with Crippen LogP contribution >= 0.6 is 0 Å². The van der Waals surface area contributed by atoms with Crippen LogP contribution in [0.3, 0.4) is 0 Å². The van der Waals surface area contributed by atoms with E-state index in [1.807, 2.05) is 67.0 Å². The van der Waals surface area contributed by atoms with Crippen LogP contribution in [0.1, 0.15) is 49.2 Å². The minimum Gasteiger partial charge on any atom is -0.490 e. The molecule has 4 aromatic rings. The maximum Gasteiger partial charge on any atom is 0.251 e. The minimum absolute atomic E-state index is 0.112. The Bertz CT molecular complexity index is 1600. The Kier molecular flexibility index (Phi) is 8.79. The van der Waals surface area contributed by atoms with Crippen molar-refractivity contribution in [2.24, 2.45) is 5.73 Å². The van der Waals surface area contributed by atoms with Gasteiger partial charge in [-0.2, -0.15) is 5.26 Å². The molecule has 0 saturated carbocycles. The maximum atomic E-state index is 13.2. The van der Waals surface area contributed by atoms with Gasteiger partial charge < -0.3 is 25.5 Å². The molecule has 1 atom stereocenters. The van der Waals surface area contributed by atoms with Crippen molar-refractivity contribution < 1.29 is 14.3 Å². The van der Waals surface area contributed by atoms with Crippen molar-refractivity contribution in [2.45, 2.75) is 51.8 Å². The lowest BCUT2D eigenvalue weighted by molar-refractivity contribution is -0.125. The number of benzene rings is 2. The van der Waals surface area contributed by atoms with Crippen LogP contribution < -0.4 is 26.6 Å². The fourth-order valence-corrected chi connectivity index (χ4v) is 4.27. The predicted molar refractivity (Wildman–Crippen MR) is 159 cm³/mol. The number of hydrogen-bond donors (Lipinski definition) is 3. The van der Waals surface area contributed by atoms with Crippen molar-refractivity contribution in [1.29, 1.82) is 5.26 Å². The van der Waals surface area contributed by atoms with E-state index in [1.54, 1.807) is 26.0 Å². The molecule has 4 rings (SSSR count). The van der Waals surface area contributed by atoms with Crippen LogP contribution in [0, 0.1) is 11.3 Å². The van der Waals surface area contributed by atoms with E-state index in [0.29, 0.717) is 28.8 Å². The summed E-state index contributed by atoms with van der Waals surface area (Å²) in [6.45, 7) is 7.13. The van der Waals surface area contributed by atoms with Crippen LogP contribution in [0.5, 0.6) is 5.75 Å². The lowest BCUT2D eigenvalue weighted by Gasteiger charge is -2.23. The van der Waals surface area contributed by atoms with Gasteiger partial charge in [0.1, 0.15) is 25.3 Å². The van der Waals surface area contributed by atoms with Gasteiger partial charge in [0.2, 0.25) is 5.91 Å². The lowest BCUT2D eigenvalue weighted by atomic mass is 9.98. The molecule has 2 amide bonds. The number of nitrogens with zero attached hydrogens (tertiary/aromatic N) is 3. The van der Waals surface area contributed by atoms with Crippen LogP contribution in [-0.4, -0.2) is 53.3 Å². The molecule has 4 N–H and O–H groups in total. The number of hydrogen-bond acceptors (Lipinski definition) is 6. The second-order valence-electron chi connectivity index (χ2n) is 10.8. The number of aromatic nitrogens is 2. The standard InChI is InChI=1S/C31H33BN6O3/c1-19(2)41-27-12-11-22(15-23(27)16-33)29(39)36-24(17-35-30(40)31(3,4)34)14-20-7-9-21(10-8-20)26-18-38-13-5-6-25(32)28(38)37-26/h5-13,15,18-19,24H,14,17,34H2,1-4H3,(H,35,40)(H,36,39)/t24-/m0/s1. The Labute approximate surface area is 241 Å². The van der Waals surface area contributed by atoms with Crippen LogP contribution in [0.25, 0.3) is 16.9 Å². The minimum atomic E-state index is -1.07. The Morgan fingerprint density at radius 1 is 1.17 bits per heavy atom. The highest BCUT2D eigenvalue weighted by atomic mass is 16.5. The van der Waals surface area contributed by atoms with Gasteiger partial charge in [-0.1, -0.05) is 35.8 Å². The van der Waals surface area contributed by atoms with Crippen molar-refractivity contribution in [3.05, 3.63) is 83.7 Å². The first kappa shape index (κ1) is 29.4. The normalized spacial score (nSPS) is 12.1. The Morgan fingerprint density at radius 3 is 2.54 bits per heavy atom. The monoisotopic (exact) mass is 548 g/mol. The number of carbonyl (C=O) groups excluding carboxylic acids is 2. The third-order valence-electron chi connectivity index (χ3n) is 6.40. The zero-order valence-corrected chi connectivity index (χ0v) is 23.6. The van der Waals surface area contributed by atoms with Crippen LogP contribution in [-0.2, 0) is 11.2 Å². The number of ether oxygens (including phenoxy) is 1. The Morgan fingerprint density at radius 2 is 1.90 bits per heavy atom. The third-order valence-corrected chi connectivity index (χ3v) is 6.40. The highest BCUT2D eigenvalue weighted by Gasteiger charge is 2.24. The highest BCUT2D eigenvalue weighted by molar-refractivity contribution is 6.36. The fourth-order valence-electron chi connectivity index (χ4n) is 4.27. The summed E-state index contributed by atoms with van der Waals surface area (Å²) in [4.78, 5) is 30.3. The lowest BCUT2D eigenvalue weighted by Crippen LogP contribution is -2.53. The summed E-state index contributed by atoms with van der Waals surface area (Å²) in [5, 5.41) is 15.4. The smallest absolute Gasteiger partial charge is 0.251 e. The van der Waals surface area contributed by atoms with Crippen LogP contribution in [0.4, 0.5) is 0 Å². The van der Waals surface area contributed by atoms with Gasteiger partial charge in [0, 0.05) is 30.1 Å². The highest BCUT2D eigenvalue weighted by Crippen LogP contribution is 2.22. The fraction of sp³-hybridized carbons (Fsp3) is 0.290. The van der Waals surface area contributed by atoms with Crippen molar-refractivity contribution in [1.82, 2.24) is 20.0 Å². The largest absolute Gasteiger partial charge is 0.490 e. The van der Waals surface area contributed by atoms with Crippen molar-refractivity contribution in [3.8, 4) is 23.1 Å². The molecule has 208 valence electrons. The second kappa shape index (κ2) is 12.3. The number of nitrogens with one attached hydrogen (secondary N) is 2. The maximum absolute atomic E-state index is 13.2. The van der Waals surface area contributed by atoms with E-state index in [-0.39, 0.29) is 30.0 Å². The first-order chi connectivity index (χ1) is 19.4. The summed E-state index contributed by atoms with van der Waals surface area (Å²) < 4.78 is 7.55. The van der Waals surface area contributed by atoms with Gasteiger partial charge in [0.25, 0.3) is 5.91 Å². The molecule has 9 nitrogen and oxygen atoms in total. The molecule has 0 bridgehead atoms. The second-order valence-corrected chi connectivity index (χ2v) is 10.8. The van der Waals surface area contributed by atoms with Gasteiger partial charge >= 0.3 is 0 Å². The molecule has 0 saturated heterocycles. The summed E-state index contributed by atoms with van der Waals surface area (Å²) in [6, 6.07) is 17.9. The predicted octanol–water partition coefficient (Wildman–Crippen LogP) is 2.65. The Hall–Kier alpha value is -4.62. The molecule has 0 unspecified atom stereocenters. The molecule has 0 aliphatic heterocycles. The number of carbonyl (C=O) groups is 2. The van der Waals surface area contributed by atoms with Crippen molar-refractivity contribution in [2.75, 3.05) is 6.54 Å². The number of amides is 2. The Balaban J connectivity index is 1.53. The third kappa shape index (κ3) is 7.32. The number of imidazole rings is 1. The zero-order chi connectivity index (χ0) is 29.7. The molecule has 10 heteroatoms. The summed E-state index contributed by atoms with van der Waals surface area (Å²) >= 11 is 0. The SMILES string of the molecule is [B]c1cccn2cc(-c3ccc(C[C@@H](CNC(=O)C(C)(C)N)NC(=O)c4ccc(OC(C)C)c(C#N)c4)cc3)nc12. The zero-order valence-electron chi connectivity index (χ0n) is 23.6. The van der Waals surface area contributed by atoms with Gasteiger partial charge in [-0.25, -0.2) is 4.98 Å².